The molecule has 2 rings (SSSR count). The lowest BCUT2D eigenvalue weighted by Crippen LogP contribution is -2.45. The summed E-state index contributed by atoms with van der Waals surface area (Å²) in [6.45, 7) is 1.27. The largest absolute Gasteiger partial charge is 0.480 e. The highest BCUT2D eigenvalue weighted by Gasteiger charge is 2.40. The fraction of sp³-hybridized carbons (Fsp3) is 0.263. The first-order valence-electron chi connectivity index (χ1n) is 7.96. The fourth-order valence-electron chi connectivity index (χ4n) is 2.73. The summed E-state index contributed by atoms with van der Waals surface area (Å²) in [6, 6.07) is 10.8. The molecule has 0 fully saturated rings. The number of hydrogen-bond donors (Lipinski definition) is 3. The first-order valence-corrected chi connectivity index (χ1v) is 8.34. The van der Waals surface area contributed by atoms with Gasteiger partial charge in [0.15, 0.2) is 0 Å². The van der Waals surface area contributed by atoms with Gasteiger partial charge in [0.25, 0.3) is 0 Å². The van der Waals surface area contributed by atoms with Gasteiger partial charge in [0.2, 0.25) is 5.91 Å². The van der Waals surface area contributed by atoms with E-state index in [1.54, 1.807) is 30.3 Å². The number of carbonyl (C=O) groups excluding carboxylic acids is 1. The minimum Gasteiger partial charge on any atom is -0.480 e. The summed E-state index contributed by atoms with van der Waals surface area (Å²) in [5, 5.41) is 9.66. The van der Waals surface area contributed by atoms with Gasteiger partial charge in [0, 0.05) is 16.6 Å². The van der Waals surface area contributed by atoms with Crippen LogP contribution in [-0.4, -0.2) is 23.0 Å². The Kier molecular flexibility index (Phi) is 6.00. The maximum Gasteiger partial charge on any atom is 0.318 e. The van der Waals surface area contributed by atoms with Gasteiger partial charge < -0.3 is 16.6 Å². The van der Waals surface area contributed by atoms with Crippen LogP contribution in [0.4, 0.5) is 4.39 Å². The summed E-state index contributed by atoms with van der Waals surface area (Å²) in [5.74, 6) is -2.60. The molecule has 0 aromatic heterocycles. The molecule has 0 spiro atoms. The molecule has 0 aliphatic heterocycles. The third-order valence-corrected chi connectivity index (χ3v) is 4.61. The van der Waals surface area contributed by atoms with E-state index in [2.05, 4.69) is 0 Å². The van der Waals surface area contributed by atoms with Crippen LogP contribution in [-0.2, 0) is 16.0 Å². The van der Waals surface area contributed by atoms with Gasteiger partial charge in [-0.25, -0.2) is 4.39 Å². The molecule has 0 saturated heterocycles. The number of aliphatic carboxylic acids is 1. The van der Waals surface area contributed by atoms with E-state index in [-0.39, 0.29) is 12.2 Å². The number of carboxylic acid groups (broad SMARTS) is 1. The number of carbonyl (C=O) groups is 2. The average Bonchev–Trinajstić information content (AvgIpc) is 2.57. The molecule has 2 aromatic carbocycles. The Balaban J connectivity index is 2.13. The van der Waals surface area contributed by atoms with Gasteiger partial charge in [0.1, 0.15) is 11.2 Å². The van der Waals surface area contributed by atoms with Crippen molar-refractivity contribution in [1.29, 1.82) is 0 Å². The molecule has 0 saturated carbocycles. The maximum absolute atomic E-state index is 13.9. The van der Waals surface area contributed by atoms with E-state index in [4.69, 9.17) is 23.1 Å². The normalized spacial score (nSPS) is 14.5. The molecular formula is C19H20ClFN2O3. The average molecular weight is 379 g/mol. The molecule has 2 unspecified atom stereocenters. The zero-order valence-corrected chi connectivity index (χ0v) is 15.0. The molecule has 0 heterocycles. The highest BCUT2D eigenvalue weighted by molar-refractivity contribution is 6.30. The maximum atomic E-state index is 13.9. The quantitative estimate of drug-likeness (QED) is 0.644. The Hall–Kier alpha value is -2.44. The Morgan fingerprint density at radius 2 is 1.85 bits per heavy atom. The molecule has 2 atom stereocenters. The van der Waals surface area contributed by atoms with Crippen molar-refractivity contribution >= 4 is 23.5 Å². The van der Waals surface area contributed by atoms with Crippen LogP contribution in [0.3, 0.4) is 0 Å². The summed E-state index contributed by atoms with van der Waals surface area (Å²) in [6.07, 6.45) is 0.275. The highest BCUT2D eigenvalue weighted by Crippen LogP contribution is 2.27. The number of benzene rings is 2. The number of halogens is 2. The molecule has 0 aliphatic rings. The van der Waals surface area contributed by atoms with Gasteiger partial charge >= 0.3 is 5.97 Å². The number of carboxylic acids is 1. The molecule has 2 aromatic rings. The van der Waals surface area contributed by atoms with E-state index >= 15 is 0 Å². The van der Waals surface area contributed by atoms with Crippen molar-refractivity contribution in [3.05, 3.63) is 58.9 Å². The monoisotopic (exact) mass is 378 g/mol. The van der Waals surface area contributed by atoms with E-state index in [1.165, 1.54) is 19.1 Å². The van der Waals surface area contributed by atoms with Crippen molar-refractivity contribution in [3.63, 3.8) is 0 Å². The van der Waals surface area contributed by atoms with E-state index < -0.39 is 23.3 Å². The Labute approximate surface area is 155 Å². The Morgan fingerprint density at radius 1 is 1.23 bits per heavy atom. The summed E-state index contributed by atoms with van der Waals surface area (Å²) in [7, 11) is 0. The van der Waals surface area contributed by atoms with Crippen molar-refractivity contribution in [2.75, 3.05) is 0 Å². The standard InChI is InChI=1S/C19H20ClFN2O3/c1-19(17(23)24,18(25)26)10-14(22)8-11-2-4-12(5-3-11)15-9-13(20)6-7-16(15)21/h2-7,9,14H,8,10,22H2,1H3,(H2,23,24)(H,25,26). The molecule has 0 bridgehead atoms. The molecular weight excluding hydrogens is 359 g/mol. The van der Waals surface area contributed by atoms with Crippen LogP contribution in [0.1, 0.15) is 18.9 Å². The van der Waals surface area contributed by atoms with Crippen molar-refractivity contribution < 1.29 is 19.1 Å². The number of nitrogens with two attached hydrogens (primary N) is 2. The second kappa shape index (κ2) is 7.85. The fourth-order valence-corrected chi connectivity index (χ4v) is 2.90. The zero-order chi connectivity index (χ0) is 19.5. The topological polar surface area (TPSA) is 106 Å². The molecule has 0 aliphatic carbocycles. The van der Waals surface area contributed by atoms with Crippen LogP contribution < -0.4 is 11.5 Å². The van der Waals surface area contributed by atoms with Gasteiger partial charge in [-0.2, -0.15) is 0 Å². The van der Waals surface area contributed by atoms with E-state index in [0.29, 0.717) is 22.6 Å². The van der Waals surface area contributed by atoms with Crippen molar-refractivity contribution in [2.24, 2.45) is 16.9 Å². The van der Waals surface area contributed by atoms with E-state index in [9.17, 15) is 19.1 Å². The van der Waals surface area contributed by atoms with Crippen molar-refractivity contribution in [1.82, 2.24) is 0 Å². The minimum atomic E-state index is -1.72. The van der Waals surface area contributed by atoms with Crippen LogP contribution >= 0.6 is 11.6 Å². The number of amides is 1. The Morgan fingerprint density at radius 3 is 2.38 bits per heavy atom. The lowest BCUT2D eigenvalue weighted by Gasteiger charge is -2.24. The second-order valence-corrected chi connectivity index (χ2v) is 6.93. The summed E-state index contributed by atoms with van der Waals surface area (Å²) < 4.78 is 13.9. The predicted octanol–water partition coefficient (Wildman–Crippen LogP) is 2.98. The predicted molar refractivity (Wildman–Crippen MR) is 98.1 cm³/mol. The molecule has 7 heteroatoms. The summed E-state index contributed by atoms with van der Waals surface area (Å²) >= 11 is 5.91. The molecule has 5 nitrogen and oxygen atoms in total. The van der Waals surface area contributed by atoms with Gasteiger partial charge in [-0.1, -0.05) is 35.9 Å². The van der Waals surface area contributed by atoms with E-state index in [0.717, 1.165) is 5.56 Å². The van der Waals surface area contributed by atoms with Gasteiger partial charge in [-0.3, -0.25) is 9.59 Å². The van der Waals surface area contributed by atoms with Crippen LogP contribution in [0.25, 0.3) is 11.1 Å². The number of hydrogen-bond acceptors (Lipinski definition) is 3. The Bertz CT molecular complexity index is 810. The van der Waals surface area contributed by atoms with Crippen molar-refractivity contribution in [2.45, 2.75) is 25.8 Å². The molecule has 26 heavy (non-hydrogen) atoms. The first kappa shape index (κ1) is 19.9. The zero-order valence-electron chi connectivity index (χ0n) is 14.2. The smallest absolute Gasteiger partial charge is 0.318 e. The lowest BCUT2D eigenvalue weighted by atomic mass is 9.81. The third kappa shape index (κ3) is 4.39. The number of rotatable bonds is 7. The van der Waals surface area contributed by atoms with Crippen LogP contribution in [0.15, 0.2) is 42.5 Å². The van der Waals surface area contributed by atoms with Crippen LogP contribution in [0.5, 0.6) is 0 Å². The summed E-state index contributed by atoms with van der Waals surface area (Å²) in [5.41, 5.74) is 11.4. The third-order valence-electron chi connectivity index (χ3n) is 4.38. The number of primary amides is 1. The van der Waals surface area contributed by atoms with E-state index in [1.807, 2.05) is 0 Å². The van der Waals surface area contributed by atoms with Gasteiger partial charge in [-0.05, 0) is 49.1 Å². The molecule has 5 N–H and O–H groups in total. The second-order valence-electron chi connectivity index (χ2n) is 6.49. The van der Waals surface area contributed by atoms with Crippen LogP contribution in [0, 0.1) is 11.2 Å². The van der Waals surface area contributed by atoms with Gasteiger partial charge in [0.05, 0.1) is 0 Å². The molecule has 138 valence electrons. The summed E-state index contributed by atoms with van der Waals surface area (Å²) in [4.78, 5) is 22.8. The highest BCUT2D eigenvalue weighted by atomic mass is 35.5. The van der Waals surface area contributed by atoms with Crippen LogP contribution in [0.2, 0.25) is 5.02 Å². The van der Waals surface area contributed by atoms with Gasteiger partial charge in [-0.15, -0.1) is 0 Å². The lowest BCUT2D eigenvalue weighted by molar-refractivity contribution is -0.154. The first-order chi connectivity index (χ1) is 12.1. The minimum absolute atomic E-state index is 0.0810. The molecule has 1 amide bonds. The molecule has 0 radical (unpaired) electrons. The van der Waals surface area contributed by atoms with Crippen molar-refractivity contribution in [3.8, 4) is 11.1 Å². The SMILES string of the molecule is CC(CC(N)Cc1ccc(-c2cc(Cl)ccc2F)cc1)(C(N)=O)C(=O)O.